The number of hydrogen-bond acceptors (Lipinski definition) is 3. The van der Waals surface area contributed by atoms with Crippen molar-refractivity contribution in [3.05, 3.63) is 34.2 Å². The van der Waals surface area contributed by atoms with Crippen molar-refractivity contribution >= 4 is 11.8 Å². The fourth-order valence-electron chi connectivity index (χ4n) is 2.07. The zero-order valence-corrected chi connectivity index (χ0v) is 10.6. The number of likely N-dealkylation sites (tertiary alicyclic amines) is 1. The van der Waals surface area contributed by atoms with E-state index in [0.717, 1.165) is 19.4 Å². The molecule has 0 spiro atoms. The Morgan fingerprint density at radius 3 is 2.84 bits per heavy atom. The van der Waals surface area contributed by atoms with Gasteiger partial charge in [-0.2, -0.15) is 0 Å². The average Bonchev–Trinajstić information content (AvgIpc) is 2.81. The van der Waals surface area contributed by atoms with Crippen molar-refractivity contribution in [2.75, 3.05) is 19.6 Å². The first-order valence-electron chi connectivity index (χ1n) is 6.41. The van der Waals surface area contributed by atoms with Crippen LogP contribution in [-0.2, 0) is 4.79 Å². The average molecular weight is 263 g/mol. The molecule has 0 bridgehead atoms. The lowest BCUT2D eigenvalue weighted by atomic mass is 10.2. The fraction of sp³-hybridized carbons (Fsp3) is 0.462. The van der Waals surface area contributed by atoms with Crippen LogP contribution in [0.25, 0.3) is 0 Å². The summed E-state index contributed by atoms with van der Waals surface area (Å²) in [5.74, 6) is -0.0176. The Labute approximate surface area is 110 Å². The van der Waals surface area contributed by atoms with E-state index in [1.165, 1.54) is 18.3 Å². The maximum Gasteiger partial charge on any atom is 0.252 e. The number of amides is 2. The molecule has 6 nitrogen and oxygen atoms in total. The molecule has 1 aliphatic rings. The molecule has 1 aromatic heterocycles. The zero-order chi connectivity index (χ0) is 13.7. The van der Waals surface area contributed by atoms with E-state index in [4.69, 9.17) is 0 Å². The number of rotatable bonds is 5. The molecule has 1 aromatic rings. The third-order valence-corrected chi connectivity index (χ3v) is 3.11. The minimum Gasteiger partial charge on any atom is -0.352 e. The highest BCUT2D eigenvalue weighted by molar-refractivity contribution is 5.93. The molecule has 19 heavy (non-hydrogen) atoms. The van der Waals surface area contributed by atoms with Crippen LogP contribution < -0.4 is 10.9 Å². The van der Waals surface area contributed by atoms with Gasteiger partial charge in [0.2, 0.25) is 11.5 Å². The van der Waals surface area contributed by atoms with E-state index in [2.05, 4.69) is 10.3 Å². The van der Waals surface area contributed by atoms with Crippen molar-refractivity contribution in [2.45, 2.75) is 19.3 Å². The second-order valence-electron chi connectivity index (χ2n) is 4.54. The van der Waals surface area contributed by atoms with Gasteiger partial charge in [0.1, 0.15) is 0 Å². The summed E-state index contributed by atoms with van der Waals surface area (Å²) in [7, 11) is 0. The first-order chi connectivity index (χ1) is 9.16. The van der Waals surface area contributed by atoms with Crippen LogP contribution in [0, 0.1) is 0 Å². The smallest absolute Gasteiger partial charge is 0.252 e. The quantitative estimate of drug-likeness (QED) is 0.740. The van der Waals surface area contributed by atoms with E-state index in [0.29, 0.717) is 25.1 Å². The molecule has 102 valence electrons. The minimum atomic E-state index is -0.232. The van der Waals surface area contributed by atoms with Crippen molar-refractivity contribution in [1.29, 1.82) is 0 Å². The van der Waals surface area contributed by atoms with Gasteiger partial charge in [-0.1, -0.05) is 0 Å². The number of H-pyrrole nitrogens is 1. The van der Waals surface area contributed by atoms with Gasteiger partial charge in [0.25, 0.3) is 5.91 Å². The van der Waals surface area contributed by atoms with Crippen molar-refractivity contribution in [3.63, 3.8) is 0 Å². The number of carbonyl (C=O) groups excluding carboxylic acids is 2. The summed E-state index contributed by atoms with van der Waals surface area (Å²) >= 11 is 0. The SMILES string of the molecule is O=C(NCCCN1CCCC1=O)c1ccc(=O)[nH]c1. The summed E-state index contributed by atoms with van der Waals surface area (Å²) < 4.78 is 0. The van der Waals surface area contributed by atoms with Crippen molar-refractivity contribution in [1.82, 2.24) is 15.2 Å². The van der Waals surface area contributed by atoms with E-state index in [9.17, 15) is 14.4 Å². The first kappa shape index (κ1) is 13.3. The summed E-state index contributed by atoms with van der Waals surface area (Å²) in [6.45, 7) is 2.03. The van der Waals surface area contributed by atoms with E-state index < -0.39 is 0 Å². The second kappa shape index (κ2) is 6.17. The Hall–Kier alpha value is -2.11. The number of aromatic amines is 1. The van der Waals surface area contributed by atoms with Gasteiger partial charge in [0, 0.05) is 38.3 Å². The molecule has 1 fully saturated rings. The number of carbonyl (C=O) groups is 2. The van der Waals surface area contributed by atoms with Crippen LogP contribution in [0.1, 0.15) is 29.6 Å². The second-order valence-corrected chi connectivity index (χ2v) is 4.54. The summed E-state index contributed by atoms with van der Waals surface area (Å²) in [6, 6.07) is 2.80. The van der Waals surface area contributed by atoms with Crippen LogP contribution in [0.5, 0.6) is 0 Å². The van der Waals surface area contributed by atoms with Crippen LogP contribution in [0.15, 0.2) is 23.1 Å². The number of nitrogens with zero attached hydrogens (tertiary/aromatic N) is 1. The van der Waals surface area contributed by atoms with Gasteiger partial charge in [-0.3, -0.25) is 14.4 Å². The Morgan fingerprint density at radius 1 is 1.37 bits per heavy atom. The summed E-state index contributed by atoms with van der Waals surface area (Å²) in [5, 5.41) is 2.76. The van der Waals surface area contributed by atoms with Gasteiger partial charge in [-0.25, -0.2) is 0 Å². The highest BCUT2D eigenvalue weighted by Gasteiger charge is 2.19. The Kier molecular flexibility index (Phi) is 4.33. The molecule has 0 radical (unpaired) electrons. The summed E-state index contributed by atoms with van der Waals surface area (Å²) in [4.78, 5) is 38.2. The topological polar surface area (TPSA) is 82.3 Å². The lowest BCUT2D eigenvalue weighted by molar-refractivity contribution is -0.127. The van der Waals surface area contributed by atoms with E-state index >= 15 is 0 Å². The van der Waals surface area contributed by atoms with Crippen LogP contribution in [-0.4, -0.2) is 41.3 Å². The standard InChI is InChI=1S/C13H17N3O3/c17-11-5-4-10(9-15-11)13(19)14-6-2-8-16-7-1-3-12(16)18/h4-5,9H,1-3,6-8H2,(H,14,19)(H,15,17). The molecular formula is C13H17N3O3. The molecule has 1 saturated heterocycles. The van der Waals surface area contributed by atoms with Gasteiger partial charge >= 0.3 is 0 Å². The molecule has 1 aliphatic heterocycles. The molecule has 2 heterocycles. The molecular weight excluding hydrogens is 246 g/mol. The van der Waals surface area contributed by atoms with Crippen LogP contribution in [0.2, 0.25) is 0 Å². The fourth-order valence-corrected chi connectivity index (χ4v) is 2.07. The molecule has 2 rings (SSSR count). The molecule has 2 N–H and O–H groups in total. The predicted molar refractivity (Wildman–Crippen MR) is 69.8 cm³/mol. The zero-order valence-electron chi connectivity index (χ0n) is 10.6. The van der Waals surface area contributed by atoms with Crippen molar-refractivity contribution in [2.24, 2.45) is 0 Å². The lowest BCUT2D eigenvalue weighted by Crippen LogP contribution is -2.30. The normalized spacial score (nSPS) is 14.7. The van der Waals surface area contributed by atoms with Gasteiger partial charge in [-0.15, -0.1) is 0 Å². The highest BCUT2D eigenvalue weighted by Crippen LogP contribution is 2.09. The van der Waals surface area contributed by atoms with E-state index in [1.54, 1.807) is 0 Å². The molecule has 6 heteroatoms. The van der Waals surface area contributed by atoms with Crippen LogP contribution >= 0.6 is 0 Å². The molecule has 0 aliphatic carbocycles. The highest BCUT2D eigenvalue weighted by atomic mass is 16.2. The Morgan fingerprint density at radius 2 is 2.21 bits per heavy atom. The monoisotopic (exact) mass is 263 g/mol. The number of hydrogen-bond donors (Lipinski definition) is 2. The first-order valence-corrected chi connectivity index (χ1v) is 6.41. The van der Waals surface area contributed by atoms with E-state index in [1.807, 2.05) is 4.90 Å². The third kappa shape index (κ3) is 3.67. The maximum absolute atomic E-state index is 11.7. The number of aromatic nitrogens is 1. The molecule has 0 unspecified atom stereocenters. The summed E-state index contributed by atoms with van der Waals surface area (Å²) in [5.41, 5.74) is 0.195. The van der Waals surface area contributed by atoms with Crippen LogP contribution in [0.3, 0.4) is 0 Å². The number of nitrogens with one attached hydrogen (secondary N) is 2. The maximum atomic E-state index is 11.7. The Bertz CT molecular complexity index is 504. The molecule has 2 amide bonds. The van der Waals surface area contributed by atoms with Gasteiger partial charge in [0.15, 0.2) is 0 Å². The largest absolute Gasteiger partial charge is 0.352 e. The molecule has 0 atom stereocenters. The third-order valence-electron chi connectivity index (χ3n) is 3.11. The molecule has 0 saturated carbocycles. The molecule has 0 aromatic carbocycles. The van der Waals surface area contributed by atoms with Crippen LogP contribution in [0.4, 0.5) is 0 Å². The van der Waals surface area contributed by atoms with Gasteiger partial charge < -0.3 is 15.2 Å². The van der Waals surface area contributed by atoms with Gasteiger partial charge in [-0.05, 0) is 18.9 Å². The van der Waals surface area contributed by atoms with E-state index in [-0.39, 0.29) is 17.4 Å². The van der Waals surface area contributed by atoms with Gasteiger partial charge in [0.05, 0.1) is 5.56 Å². The number of pyridine rings is 1. The summed E-state index contributed by atoms with van der Waals surface area (Å²) in [6.07, 6.45) is 3.70. The lowest BCUT2D eigenvalue weighted by Gasteiger charge is -2.15. The minimum absolute atomic E-state index is 0.201. The van der Waals surface area contributed by atoms with Crippen molar-refractivity contribution in [3.8, 4) is 0 Å². The predicted octanol–water partition coefficient (Wildman–Crippen LogP) is 0.117. The Balaban J connectivity index is 1.70. The van der Waals surface area contributed by atoms with Crippen molar-refractivity contribution < 1.29 is 9.59 Å².